The molecule has 0 atom stereocenters. The van der Waals surface area contributed by atoms with Crippen LogP contribution in [-0.2, 0) is 0 Å². The Hall–Kier alpha value is -1.42. The number of thiocarbonyl (C=S) groups is 1. The summed E-state index contributed by atoms with van der Waals surface area (Å²) in [5.74, 6) is 0.550. The molecule has 0 saturated carbocycles. The normalized spacial score (nSPS) is 11.1. The lowest BCUT2D eigenvalue weighted by atomic mass is 9.97. The standard InChI is InChI=1S/C18H29N3S/c1-4-6-11-16(12-7-5-2)14-19-21-18(22)20-17-13-9-8-10-15(17)3/h8-10,13-14,16H,4-7,11-12H2,1-3H3,(H2,20,21,22)/b19-14+. The van der Waals surface area contributed by atoms with Crippen molar-refractivity contribution in [3.05, 3.63) is 29.8 Å². The van der Waals surface area contributed by atoms with E-state index in [1.807, 2.05) is 24.4 Å². The van der Waals surface area contributed by atoms with Crippen LogP contribution in [-0.4, -0.2) is 11.3 Å². The largest absolute Gasteiger partial charge is 0.331 e. The number of nitrogens with zero attached hydrogens (tertiary/aromatic N) is 1. The van der Waals surface area contributed by atoms with Crippen LogP contribution in [0.2, 0.25) is 0 Å². The van der Waals surface area contributed by atoms with Crippen molar-refractivity contribution in [2.24, 2.45) is 11.0 Å². The second-order valence-electron chi connectivity index (χ2n) is 5.70. The number of anilines is 1. The van der Waals surface area contributed by atoms with E-state index in [-0.39, 0.29) is 0 Å². The third-order valence-corrected chi connectivity index (χ3v) is 3.90. The Bertz CT molecular complexity index is 463. The van der Waals surface area contributed by atoms with Crippen molar-refractivity contribution < 1.29 is 0 Å². The molecule has 0 bridgehead atoms. The van der Waals surface area contributed by atoms with Crippen LogP contribution in [0.25, 0.3) is 0 Å². The van der Waals surface area contributed by atoms with E-state index >= 15 is 0 Å². The van der Waals surface area contributed by atoms with Crippen molar-refractivity contribution in [2.75, 3.05) is 5.32 Å². The first kappa shape index (κ1) is 18.6. The number of unbranched alkanes of at least 4 members (excludes halogenated alkanes) is 2. The molecule has 0 aliphatic carbocycles. The highest BCUT2D eigenvalue weighted by molar-refractivity contribution is 7.80. The monoisotopic (exact) mass is 319 g/mol. The van der Waals surface area contributed by atoms with Crippen molar-refractivity contribution in [1.29, 1.82) is 0 Å². The number of aryl methyl sites for hydroxylation is 1. The van der Waals surface area contributed by atoms with Crippen LogP contribution in [0.1, 0.15) is 57.9 Å². The second kappa shape index (κ2) is 11.2. The summed E-state index contributed by atoms with van der Waals surface area (Å²) in [6, 6.07) is 8.08. The molecule has 0 spiro atoms. The Morgan fingerprint density at radius 3 is 2.41 bits per heavy atom. The van der Waals surface area contributed by atoms with E-state index in [0.29, 0.717) is 11.0 Å². The minimum atomic E-state index is 0.537. The Morgan fingerprint density at radius 2 is 1.82 bits per heavy atom. The zero-order valence-electron chi connectivity index (χ0n) is 14.1. The fourth-order valence-corrected chi connectivity index (χ4v) is 2.45. The lowest BCUT2D eigenvalue weighted by Crippen LogP contribution is -2.24. The first-order chi connectivity index (χ1) is 10.7. The summed E-state index contributed by atoms with van der Waals surface area (Å²) in [5.41, 5.74) is 5.11. The maximum absolute atomic E-state index is 5.29. The lowest BCUT2D eigenvalue weighted by Gasteiger charge is -2.12. The van der Waals surface area contributed by atoms with Gasteiger partial charge in [-0.15, -0.1) is 0 Å². The van der Waals surface area contributed by atoms with E-state index in [4.69, 9.17) is 12.2 Å². The van der Waals surface area contributed by atoms with E-state index in [2.05, 4.69) is 42.7 Å². The summed E-state index contributed by atoms with van der Waals surface area (Å²) in [4.78, 5) is 0. The topological polar surface area (TPSA) is 36.4 Å². The van der Waals surface area contributed by atoms with Crippen LogP contribution in [0.5, 0.6) is 0 Å². The van der Waals surface area contributed by atoms with Crippen molar-refractivity contribution >= 4 is 29.2 Å². The number of hydrogen-bond acceptors (Lipinski definition) is 2. The summed E-state index contributed by atoms with van der Waals surface area (Å²) in [6.45, 7) is 6.51. The first-order valence-electron chi connectivity index (χ1n) is 8.33. The molecule has 1 aromatic carbocycles. The van der Waals surface area contributed by atoms with Crippen LogP contribution in [0.3, 0.4) is 0 Å². The molecular formula is C18H29N3S. The summed E-state index contributed by atoms with van der Waals surface area (Å²) < 4.78 is 0. The highest BCUT2D eigenvalue weighted by Gasteiger charge is 2.05. The summed E-state index contributed by atoms with van der Waals surface area (Å²) >= 11 is 5.29. The van der Waals surface area contributed by atoms with E-state index in [1.165, 1.54) is 44.1 Å². The van der Waals surface area contributed by atoms with Gasteiger partial charge < -0.3 is 5.32 Å². The summed E-state index contributed by atoms with van der Waals surface area (Å²) in [6.07, 6.45) is 9.42. The number of nitrogens with one attached hydrogen (secondary N) is 2. The molecule has 0 heterocycles. The minimum absolute atomic E-state index is 0.537. The molecule has 22 heavy (non-hydrogen) atoms. The molecule has 0 aliphatic heterocycles. The van der Waals surface area contributed by atoms with Crippen molar-refractivity contribution in [3.63, 3.8) is 0 Å². The Kier molecular flexibility index (Phi) is 9.47. The van der Waals surface area contributed by atoms with Gasteiger partial charge in [-0.2, -0.15) is 5.10 Å². The lowest BCUT2D eigenvalue weighted by molar-refractivity contribution is 0.528. The van der Waals surface area contributed by atoms with E-state index in [0.717, 1.165) is 5.69 Å². The molecule has 2 N–H and O–H groups in total. The SMILES string of the molecule is CCCCC(/C=N/NC(=S)Nc1ccccc1C)CCCC. The predicted molar refractivity (Wildman–Crippen MR) is 102 cm³/mol. The Balaban J connectivity index is 2.43. The van der Waals surface area contributed by atoms with Crippen LogP contribution in [0, 0.1) is 12.8 Å². The highest BCUT2D eigenvalue weighted by atomic mass is 32.1. The zero-order chi connectivity index (χ0) is 16.2. The molecule has 1 rings (SSSR count). The minimum Gasteiger partial charge on any atom is -0.331 e. The molecule has 122 valence electrons. The van der Waals surface area contributed by atoms with Crippen molar-refractivity contribution in [1.82, 2.24) is 5.43 Å². The van der Waals surface area contributed by atoms with Crippen LogP contribution in [0.15, 0.2) is 29.4 Å². The molecule has 1 aromatic rings. The van der Waals surface area contributed by atoms with Crippen molar-refractivity contribution in [3.8, 4) is 0 Å². The van der Waals surface area contributed by atoms with Crippen molar-refractivity contribution in [2.45, 2.75) is 59.3 Å². The van der Waals surface area contributed by atoms with Gasteiger partial charge in [-0.05, 0) is 49.5 Å². The number of hydrogen-bond donors (Lipinski definition) is 2. The van der Waals surface area contributed by atoms with Gasteiger partial charge in [0.15, 0.2) is 5.11 Å². The Labute approximate surface area is 140 Å². The number of para-hydroxylation sites is 1. The third kappa shape index (κ3) is 7.55. The number of hydrazone groups is 1. The molecule has 0 unspecified atom stereocenters. The van der Waals surface area contributed by atoms with Gasteiger partial charge in [0.2, 0.25) is 0 Å². The van der Waals surface area contributed by atoms with Crippen LogP contribution >= 0.6 is 12.2 Å². The average molecular weight is 320 g/mol. The quantitative estimate of drug-likeness (QED) is 0.370. The van der Waals surface area contributed by atoms with Gasteiger partial charge in [0.1, 0.15) is 0 Å². The zero-order valence-corrected chi connectivity index (χ0v) is 14.9. The van der Waals surface area contributed by atoms with Gasteiger partial charge in [-0.25, -0.2) is 0 Å². The molecule has 0 fully saturated rings. The second-order valence-corrected chi connectivity index (χ2v) is 6.11. The van der Waals surface area contributed by atoms with E-state index in [1.54, 1.807) is 0 Å². The van der Waals surface area contributed by atoms with Gasteiger partial charge in [0.25, 0.3) is 0 Å². The molecule has 4 heteroatoms. The fraction of sp³-hybridized carbons (Fsp3) is 0.556. The van der Waals surface area contributed by atoms with E-state index in [9.17, 15) is 0 Å². The van der Waals surface area contributed by atoms with Crippen LogP contribution in [0.4, 0.5) is 5.69 Å². The number of benzene rings is 1. The van der Waals surface area contributed by atoms with Crippen LogP contribution < -0.4 is 10.7 Å². The Morgan fingerprint density at radius 1 is 1.18 bits per heavy atom. The predicted octanol–water partition coefficient (Wildman–Crippen LogP) is 5.26. The maximum atomic E-state index is 5.29. The van der Waals surface area contributed by atoms with E-state index < -0.39 is 0 Å². The molecule has 0 radical (unpaired) electrons. The molecule has 0 saturated heterocycles. The smallest absolute Gasteiger partial charge is 0.191 e. The molecule has 0 aliphatic rings. The first-order valence-corrected chi connectivity index (χ1v) is 8.74. The molecule has 0 aromatic heterocycles. The fourth-order valence-electron chi connectivity index (χ4n) is 2.29. The van der Waals surface area contributed by atoms with Gasteiger partial charge in [-0.3, -0.25) is 5.43 Å². The third-order valence-electron chi connectivity index (χ3n) is 3.70. The molecular weight excluding hydrogens is 290 g/mol. The molecule has 0 amide bonds. The molecule has 3 nitrogen and oxygen atoms in total. The van der Waals surface area contributed by atoms with Gasteiger partial charge in [0.05, 0.1) is 0 Å². The van der Waals surface area contributed by atoms with Gasteiger partial charge in [0, 0.05) is 11.9 Å². The summed E-state index contributed by atoms with van der Waals surface area (Å²) in [5, 5.41) is 8.04. The summed E-state index contributed by atoms with van der Waals surface area (Å²) in [7, 11) is 0. The van der Waals surface area contributed by atoms with Gasteiger partial charge in [-0.1, -0.05) is 57.7 Å². The number of rotatable bonds is 9. The highest BCUT2D eigenvalue weighted by Crippen LogP contribution is 2.14. The average Bonchev–Trinajstić information content (AvgIpc) is 2.51. The van der Waals surface area contributed by atoms with Gasteiger partial charge >= 0.3 is 0 Å². The maximum Gasteiger partial charge on any atom is 0.191 e.